The van der Waals surface area contributed by atoms with Crippen LogP contribution in [0.15, 0.2) is 41.0 Å². The van der Waals surface area contributed by atoms with Crippen LogP contribution in [0.3, 0.4) is 0 Å². The minimum atomic E-state index is -4.49. The molecule has 0 spiro atoms. The number of nitrogens with zero attached hydrogens (tertiary/aromatic N) is 2. The number of amides is 1. The molecule has 2 atom stereocenters. The molecule has 1 fully saturated rings. The molecular weight excluding hydrogens is 377 g/mol. The van der Waals surface area contributed by atoms with Crippen LogP contribution in [-0.4, -0.2) is 47.6 Å². The van der Waals surface area contributed by atoms with Crippen molar-refractivity contribution in [2.75, 3.05) is 24.5 Å². The van der Waals surface area contributed by atoms with E-state index >= 15 is 0 Å². The molecule has 2 aromatic rings. The van der Waals surface area contributed by atoms with Gasteiger partial charge in [0.1, 0.15) is 0 Å². The molecule has 0 radical (unpaired) electrons. The van der Waals surface area contributed by atoms with E-state index in [9.17, 15) is 27.9 Å². The maximum Gasteiger partial charge on any atom is 0.416 e. The quantitative estimate of drug-likeness (QED) is 0.848. The molecule has 3 heterocycles. The first-order chi connectivity index (χ1) is 13.3. The van der Waals surface area contributed by atoms with E-state index in [-0.39, 0.29) is 24.6 Å². The minimum Gasteiger partial charge on any atom is -0.481 e. The summed E-state index contributed by atoms with van der Waals surface area (Å²) in [6.07, 6.45) is -3.12. The van der Waals surface area contributed by atoms with E-state index in [1.54, 1.807) is 6.07 Å². The van der Waals surface area contributed by atoms with Crippen molar-refractivity contribution in [3.63, 3.8) is 0 Å². The van der Waals surface area contributed by atoms with Crippen LogP contribution in [0.25, 0.3) is 0 Å². The molecule has 0 saturated carbocycles. The number of halogens is 3. The van der Waals surface area contributed by atoms with Crippen LogP contribution in [0.4, 0.5) is 18.9 Å². The zero-order valence-electron chi connectivity index (χ0n) is 14.6. The fourth-order valence-electron chi connectivity index (χ4n) is 4.02. The van der Waals surface area contributed by atoms with Gasteiger partial charge in [0.05, 0.1) is 23.8 Å². The third-order valence-corrected chi connectivity index (χ3v) is 5.38. The van der Waals surface area contributed by atoms with E-state index in [0.717, 1.165) is 12.1 Å². The maximum absolute atomic E-state index is 13.0. The second kappa shape index (κ2) is 6.57. The molecule has 2 aliphatic heterocycles. The summed E-state index contributed by atoms with van der Waals surface area (Å²) in [6, 6.07) is 6.05. The van der Waals surface area contributed by atoms with E-state index in [2.05, 4.69) is 0 Å². The van der Waals surface area contributed by atoms with Gasteiger partial charge in [-0.1, -0.05) is 0 Å². The summed E-state index contributed by atoms with van der Waals surface area (Å²) in [6.45, 7) is 0.819. The molecular formula is C19H17F3N2O4. The number of fused-ring (bicyclic) bond motifs is 3. The number of piperazine rings is 1. The van der Waals surface area contributed by atoms with Gasteiger partial charge < -0.3 is 19.3 Å². The van der Waals surface area contributed by atoms with Crippen molar-refractivity contribution in [1.82, 2.24) is 4.90 Å². The van der Waals surface area contributed by atoms with Crippen molar-refractivity contribution in [3.05, 3.63) is 53.5 Å². The van der Waals surface area contributed by atoms with Crippen molar-refractivity contribution in [3.8, 4) is 0 Å². The number of hydrogen-bond donors (Lipinski definition) is 1. The number of carboxylic acids is 1. The van der Waals surface area contributed by atoms with Crippen molar-refractivity contribution in [1.29, 1.82) is 0 Å². The topological polar surface area (TPSA) is 74.0 Å². The molecule has 1 amide bonds. The molecule has 148 valence electrons. The lowest BCUT2D eigenvalue weighted by Crippen LogP contribution is -2.61. The van der Waals surface area contributed by atoms with E-state index in [4.69, 9.17) is 4.42 Å². The number of anilines is 1. The van der Waals surface area contributed by atoms with Crippen LogP contribution >= 0.6 is 0 Å². The molecule has 2 unspecified atom stereocenters. The zero-order valence-corrected chi connectivity index (χ0v) is 14.6. The molecule has 2 aliphatic rings. The Morgan fingerprint density at radius 1 is 1.18 bits per heavy atom. The fourth-order valence-corrected chi connectivity index (χ4v) is 4.02. The Morgan fingerprint density at radius 3 is 2.61 bits per heavy atom. The van der Waals surface area contributed by atoms with E-state index < -0.39 is 29.7 Å². The largest absolute Gasteiger partial charge is 0.481 e. The number of furan rings is 1. The van der Waals surface area contributed by atoms with Crippen LogP contribution in [-0.2, 0) is 17.4 Å². The van der Waals surface area contributed by atoms with Gasteiger partial charge in [-0.05, 0) is 42.3 Å². The molecule has 9 heteroatoms. The Morgan fingerprint density at radius 2 is 1.96 bits per heavy atom. The first-order valence-electron chi connectivity index (χ1n) is 8.78. The van der Waals surface area contributed by atoms with E-state index in [0.29, 0.717) is 24.3 Å². The van der Waals surface area contributed by atoms with Gasteiger partial charge in [0.15, 0.2) is 5.76 Å². The Balaban J connectivity index is 1.65. The van der Waals surface area contributed by atoms with Gasteiger partial charge >= 0.3 is 12.1 Å². The van der Waals surface area contributed by atoms with Gasteiger partial charge in [0, 0.05) is 25.3 Å². The van der Waals surface area contributed by atoms with Gasteiger partial charge in [-0.3, -0.25) is 9.59 Å². The van der Waals surface area contributed by atoms with Crippen molar-refractivity contribution >= 4 is 17.6 Å². The fraction of sp³-hybridized carbons (Fsp3) is 0.368. The van der Waals surface area contributed by atoms with Crippen LogP contribution in [0.1, 0.15) is 21.7 Å². The number of hydrogen-bond acceptors (Lipinski definition) is 4. The molecule has 1 aromatic heterocycles. The highest BCUT2D eigenvalue weighted by Gasteiger charge is 2.43. The van der Waals surface area contributed by atoms with E-state index in [1.165, 1.54) is 23.3 Å². The number of benzene rings is 1. The lowest BCUT2D eigenvalue weighted by molar-refractivity contribution is -0.143. The third-order valence-electron chi connectivity index (χ3n) is 5.38. The van der Waals surface area contributed by atoms with Gasteiger partial charge in [-0.15, -0.1) is 0 Å². The van der Waals surface area contributed by atoms with Crippen molar-refractivity contribution in [2.24, 2.45) is 5.92 Å². The van der Waals surface area contributed by atoms with Gasteiger partial charge in [0.25, 0.3) is 5.91 Å². The summed E-state index contributed by atoms with van der Waals surface area (Å²) in [5, 5.41) is 9.67. The lowest BCUT2D eigenvalue weighted by atomic mass is 9.83. The highest BCUT2D eigenvalue weighted by Crippen LogP contribution is 2.39. The first-order valence-corrected chi connectivity index (χ1v) is 8.78. The highest BCUT2D eigenvalue weighted by atomic mass is 19.4. The van der Waals surface area contributed by atoms with Crippen LogP contribution in [0, 0.1) is 5.92 Å². The Kier molecular flexibility index (Phi) is 4.32. The molecule has 28 heavy (non-hydrogen) atoms. The average Bonchev–Trinajstić information content (AvgIpc) is 3.19. The summed E-state index contributed by atoms with van der Waals surface area (Å²) < 4.78 is 44.2. The third kappa shape index (κ3) is 3.10. The van der Waals surface area contributed by atoms with Crippen LogP contribution in [0.2, 0.25) is 0 Å². The lowest BCUT2D eigenvalue weighted by Gasteiger charge is -2.48. The summed E-state index contributed by atoms with van der Waals surface area (Å²) in [5.74, 6) is -2.16. The number of alkyl halides is 3. The van der Waals surface area contributed by atoms with E-state index in [1.807, 2.05) is 4.90 Å². The van der Waals surface area contributed by atoms with Crippen molar-refractivity contribution in [2.45, 2.75) is 18.6 Å². The standard InChI is InChI=1S/C19H17F3N2O4/c20-19(21,22)12-3-4-14-11(8-12)9-13(18(26)27)15-10-23(5-6-24(14)15)17(25)16-2-1-7-28-16/h1-4,7-8,13,15H,5-6,9-10H2,(H,26,27). The van der Waals surface area contributed by atoms with Crippen LogP contribution in [0.5, 0.6) is 0 Å². The van der Waals surface area contributed by atoms with Gasteiger partial charge in [0.2, 0.25) is 0 Å². The Bertz CT molecular complexity index is 910. The number of carboxylic acid groups (broad SMARTS) is 1. The molecule has 1 aromatic carbocycles. The normalized spacial score (nSPS) is 21.8. The SMILES string of the molecule is O=C(O)C1Cc2cc(C(F)(F)F)ccc2N2CCN(C(=O)c3ccco3)CC12. The summed E-state index contributed by atoms with van der Waals surface area (Å²) in [7, 11) is 0. The monoisotopic (exact) mass is 394 g/mol. The van der Waals surface area contributed by atoms with Crippen LogP contribution < -0.4 is 4.90 Å². The average molecular weight is 394 g/mol. The number of carbonyl (C=O) groups excluding carboxylic acids is 1. The Hall–Kier alpha value is -2.97. The van der Waals surface area contributed by atoms with Gasteiger partial charge in [-0.25, -0.2) is 0 Å². The molecule has 0 bridgehead atoms. The predicted octanol–water partition coefficient (Wildman–Crippen LogP) is 2.89. The molecule has 1 N–H and O–H groups in total. The number of aliphatic carboxylic acids is 1. The zero-order chi connectivity index (χ0) is 20.1. The number of carbonyl (C=O) groups is 2. The summed E-state index contributed by atoms with van der Waals surface area (Å²) >= 11 is 0. The second-order valence-electron chi connectivity index (χ2n) is 6.98. The number of rotatable bonds is 2. The molecule has 0 aliphatic carbocycles. The van der Waals surface area contributed by atoms with Gasteiger partial charge in [-0.2, -0.15) is 13.2 Å². The first kappa shape index (κ1) is 18.4. The minimum absolute atomic E-state index is 0.0153. The molecule has 4 rings (SSSR count). The molecule has 6 nitrogen and oxygen atoms in total. The summed E-state index contributed by atoms with van der Waals surface area (Å²) in [4.78, 5) is 27.7. The smallest absolute Gasteiger partial charge is 0.416 e. The second-order valence-corrected chi connectivity index (χ2v) is 6.98. The highest BCUT2D eigenvalue weighted by molar-refractivity contribution is 5.91. The maximum atomic E-state index is 13.0. The Labute approximate surface area is 158 Å². The predicted molar refractivity (Wildman–Crippen MR) is 92.0 cm³/mol. The van der Waals surface area contributed by atoms with Crippen molar-refractivity contribution < 1.29 is 32.3 Å². The summed E-state index contributed by atoms with van der Waals surface area (Å²) in [5.41, 5.74) is 0.172. The molecule has 1 saturated heterocycles.